The number of hydrogen-bond donors (Lipinski definition) is 0. The molecule has 0 spiro atoms. The van der Waals surface area contributed by atoms with Crippen molar-refractivity contribution in [2.45, 2.75) is 37.5 Å². The first-order valence-corrected chi connectivity index (χ1v) is 10.8. The summed E-state index contributed by atoms with van der Waals surface area (Å²) in [5, 5.41) is 0. The standard InChI is InChI=1S/C19H28N2O4S/c1-15-7-11-20(12-8-15)19(22)16-9-13-21(14-10-16)26(23,24)18-5-3-17(25-2)4-6-18/h3-6,15-16H,7-14H2,1-2H3. The lowest BCUT2D eigenvalue weighted by Gasteiger charge is -2.36. The third kappa shape index (κ3) is 4.04. The van der Waals surface area contributed by atoms with Crippen LogP contribution in [0.2, 0.25) is 0 Å². The molecule has 2 heterocycles. The second-order valence-electron chi connectivity index (χ2n) is 7.36. The summed E-state index contributed by atoms with van der Waals surface area (Å²) < 4.78 is 32.2. The van der Waals surface area contributed by atoms with Crippen LogP contribution in [0.25, 0.3) is 0 Å². The maximum absolute atomic E-state index is 12.8. The lowest BCUT2D eigenvalue weighted by atomic mass is 9.93. The Balaban J connectivity index is 1.59. The van der Waals surface area contributed by atoms with Crippen LogP contribution in [0.15, 0.2) is 29.2 Å². The number of amides is 1. The van der Waals surface area contributed by atoms with E-state index in [4.69, 9.17) is 4.74 Å². The van der Waals surface area contributed by atoms with Crippen LogP contribution in [0.1, 0.15) is 32.6 Å². The van der Waals surface area contributed by atoms with E-state index in [2.05, 4.69) is 6.92 Å². The minimum atomic E-state index is -3.52. The Morgan fingerprint density at radius 2 is 1.58 bits per heavy atom. The molecule has 7 heteroatoms. The maximum Gasteiger partial charge on any atom is 0.243 e. The van der Waals surface area contributed by atoms with Crippen molar-refractivity contribution in [1.29, 1.82) is 0 Å². The Hall–Kier alpha value is -1.60. The number of ether oxygens (including phenoxy) is 1. The summed E-state index contributed by atoms with van der Waals surface area (Å²) in [7, 11) is -1.97. The third-order valence-corrected chi connectivity index (χ3v) is 7.51. The van der Waals surface area contributed by atoms with Crippen molar-refractivity contribution in [2.24, 2.45) is 11.8 Å². The largest absolute Gasteiger partial charge is 0.497 e. The molecule has 6 nitrogen and oxygen atoms in total. The summed E-state index contributed by atoms with van der Waals surface area (Å²) in [6.07, 6.45) is 3.33. The topological polar surface area (TPSA) is 66.9 Å². The fourth-order valence-corrected chi connectivity index (χ4v) is 5.20. The van der Waals surface area contributed by atoms with Crippen molar-refractivity contribution in [3.05, 3.63) is 24.3 Å². The molecule has 0 aromatic heterocycles. The average Bonchev–Trinajstić information content (AvgIpc) is 2.68. The van der Waals surface area contributed by atoms with Crippen LogP contribution >= 0.6 is 0 Å². The first-order valence-electron chi connectivity index (χ1n) is 9.35. The van der Waals surface area contributed by atoms with Gasteiger partial charge < -0.3 is 9.64 Å². The molecule has 3 rings (SSSR count). The number of sulfonamides is 1. The van der Waals surface area contributed by atoms with Gasteiger partial charge in [0, 0.05) is 32.1 Å². The second-order valence-corrected chi connectivity index (χ2v) is 9.30. The Bertz CT molecular complexity index is 716. The minimum absolute atomic E-state index is 0.0503. The summed E-state index contributed by atoms with van der Waals surface area (Å²) in [4.78, 5) is 14.9. The summed E-state index contributed by atoms with van der Waals surface area (Å²) in [6, 6.07) is 6.45. The van der Waals surface area contributed by atoms with Crippen LogP contribution in [0.5, 0.6) is 5.75 Å². The normalized spacial score (nSPS) is 20.9. The molecular weight excluding hydrogens is 352 g/mol. The molecule has 2 fully saturated rings. The number of methoxy groups -OCH3 is 1. The molecule has 2 aliphatic rings. The van der Waals surface area contributed by atoms with Gasteiger partial charge in [-0.05, 0) is 55.9 Å². The van der Waals surface area contributed by atoms with Gasteiger partial charge >= 0.3 is 0 Å². The Morgan fingerprint density at radius 3 is 2.12 bits per heavy atom. The highest BCUT2D eigenvalue weighted by molar-refractivity contribution is 7.89. The summed E-state index contributed by atoms with van der Waals surface area (Å²) >= 11 is 0. The van der Waals surface area contributed by atoms with Crippen LogP contribution in [0.4, 0.5) is 0 Å². The molecule has 2 saturated heterocycles. The van der Waals surface area contributed by atoms with Crippen molar-refractivity contribution in [2.75, 3.05) is 33.3 Å². The van der Waals surface area contributed by atoms with E-state index in [0.717, 1.165) is 25.9 Å². The first-order chi connectivity index (χ1) is 12.4. The number of likely N-dealkylation sites (tertiary alicyclic amines) is 1. The SMILES string of the molecule is COc1ccc(S(=O)(=O)N2CCC(C(=O)N3CCC(C)CC3)CC2)cc1. The number of nitrogens with zero attached hydrogens (tertiary/aromatic N) is 2. The van der Waals surface area contributed by atoms with Crippen molar-refractivity contribution in [1.82, 2.24) is 9.21 Å². The second kappa shape index (κ2) is 7.96. The molecule has 2 aliphatic heterocycles. The van der Waals surface area contributed by atoms with Gasteiger partial charge in [-0.2, -0.15) is 4.31 Å². The Kier molecular flexibility index (Phi) is 5.87. The fraction of sp³-hybridized carbons (Fsp3) is 0.632. The van der Waals surface area contributed by atoms with E-state index in [9.17, 15) is 13.2 Å². The zero-order valence-electron chi connectivity index (χ0n) is 15.6. The van der Waals surface area contributed by atoms with Crippen molar-refractivity contribution in [3.8, 4) is 5.75 Å². The van der Waals surface area contributed by atoms with Gasteiger partial charge in [0.25, 0.3) is 0 Å². The summed E-state index contributed by atoms with van der Waals surface area (Å²) in [5.74, 6) is 1.48. The maximum atomic E-state index is 12.8. The van der Waals surface area contributed by atoms with E-state index in [0.29, 0.717) is 37.6 Å². The zero-order chi connectivity index (χ0) is 18.7. The molecule has 0 unspecified atom stereocenters. The smallest absolute Gasteiger partial charge is 0.243 e. The van der Waals surface area contributed by atoms with Gasteiger partial charge in [-0.3, -0.25) is 4.79 Å². The molecule has 0 radical (unpaired) electrons. The molecule has 0 bridgehead atoms. The van der Waals surface area contributed by atoms with Gasteiger partial charge in [-0.1, -0.05) is 6.92 Å². The van der Waals surface area contributed by atoms with Gasteiger partial charge in [0.2, 0.25) is 15.9 Å². The lowest BCUT2D eigenvalue weighted by Crippen LogP contribution is -2.46. The molecule has 0 saturated carbocycles. The zero-order valence-corrected chi connectivity index (χ0v) is 16.4. The van der Waals surface area contributed by atoms with Crippen LogP contribution in [0.3, 0.4) is 0 Å². The lowest BCUT2D eigenvalue weighted by molar-refractivity contribution is -0.138. The van der Waals surface area contributed by atoms with Gasteiger partial charge in [-0.15, -0.1) is 0 Å². The van der Waals surface area contributed by atoms with Gasteiger partial charge in [0.1, 0.15) is 5.75 Å². The number of piperidine rings is 2. The van der Waals surface area contributed by atoms with Gasteiger partial charge in [0.15, 0.2) is 0 Å². The predicted molar refractivity (Wildman–Crippen MR) is 99.5 cm³/mol. The number of benzene rings is 1. The third-order valence-electron chi connectivity index (χ3n) is 5.60. The van der Waals surface area contributed by atoms with E-state index in [1.54, 1.807) is 31.4 Å². The number of rotatable bonds is 4. The molecule has 144 valence electrons. The van der Waals surface area contributed by atoms with E-state index < -0.39 is 10.0 Å². The van der Waals surface area contributed by atoms with Crippen molar-refractivity contribution in [3.63, 3.8) is 0 Å². The molecule has 1 amide bonds. The molecule has 1 aromatic carbocycles. The highest BCUT2D eigenvalue weighted by Crippen LogP contribution is 2.27. The Morgan fingerprint density at radius 1 is 1.00 bits per heavy atom. The summed E-state index contributed by atoms with van der Waals surface area (Å²) in [6.45, 7) is 4.70. The highest BCUT2D eigenvalue weighted by Gasteiger charge is 2.34. The number of carbonyl (C=O) groups is 1. The highest BCUT2D eigenvalue weighted by atomic mass is 32.2. The quantitative estimate of drug-likeness (QED) is 0.804. The van der Waals surface area contributed by atoms with Gasteiger partial charge in [0.05, 0.1) is 12.0 Å². The van der Waals surface area contributed by atoms with E-state index in [1.165, 1.54) is 4.31 Å². The van der Waals surface area contributed by atoms with Crippen LogP contribution < -0.4 is 4.74 Å². The predicted octanol–water partition coefficient (Wildman–Crippen LogP) is 2.35. The number of hydrogen-bond acceptors (Lipinski definition) is 4. The fourth-order valence-electron chi connectivity index (χ4n) is 3.73. The summed E-state index contributed by atoms with van der Waals surface area (Å²) in [5.41, 5.74) is 0. The monoisotopic (exact) mass is 380 g/mol. The first kappa shape index (κ1) is 19.2. The van der Waals surface area contributed by atoms with E-state index in [1.807, 2.05) is 4.90 Å². The number of carbonyl (C=O) groups excluding carboxylic acids is 1. The molecular formula is C19H28N2O4S. The van der Waals surface area contributed by atoms with E-state index in [-0.39, 0.29) is 16.7 Å². The average molecular weight is 381 g/mol. The minimum Gasteiger partial charge on any atom is -0.497 e. The van der Waals surface area contributed by atoms with Crippen molar-refractivity contribution < 1.29 is 17.9 Å². The van der Waals surface area contributed by atoms with E-state index >= 15 is 0 Å². The molecule has 26 heavy (non-hydrogen) atoms. The van der Waals surface area contributed by atoms with Crippen LogP contribution in [0, 0.1) is 11.8 Å². The molecule has 0 aliphatic carbocycles. The van der Waals surface area contributed by atoms with Crippen LogP contribution in [-0.2, 0) is 14.8 Å². The van der Waals surface area contributed by atoms with Gasteiger partial charge in [-0.25, -0.2) is 8.42 Å². The van der Waals surface area contributed by atoms with Crippen LogP contribution in [-0.4, -0.2) is 56.8 Å². The van der Waals surface area contributed by atoms with Crippen molar-refractivity contribution >= 4 is 15.9 Å². The molecule has 0 atom stereocenters. The Labute approximate surface area is 156 Å². The molecule has 1 aromatic rings. The molecule has 0 N–H and O–H groups in total.